The Bertz CT molecular complexity index is 975. The molecule has 0 atom stereocenters. The smallest absolute Gasteiger partial charge is 0.236 e. The highest BCUT2D eigenvalue weighted by Crippen LogP contribution is 2.17. The van der Waals surface area contributed by atoms with Crippen molar-refractivity contribution in [2.24, 2.45) is 0 Å². The summed E-state index contributed by atoms with van der Waals surface area (Å²) in [5.41, 5.74) is 5.09. The Balaban J connectivity index is 1.86. The van der Waals surface area contributed by atoms with Gasteiger partial charge in [0.1, 0.15) is 5.65 Å². The van der Waals surface area contributed by atoms with Gasteiger partial charge in [-0.3, -0.25) is 4.72 Å². The van der Waals surface area contributed by atoms with Gasteiger partial charge in [-0.1, -0.05) is 29.8 Å². The molecule has 0 radical (unpaired) electrons. The normalized spacial score (nSPS) is 11.8. The minimum atomic E-state index is -3.46. The van der Waals surface area contributed by atoms with Gasteiger partial charge in [0.2, 0.25) is 10.0 Å². The molecule has 0 aliphatic rings. The van der Waals surface area contributed by atoms with Crippen molar-refractivity contribution in [2.45, 2.75) is 26.5 Å². The third kappa shape index (κ3) is 3.37. The molecular weight excluding hydrogens is 310 g/mol. The van der Waals surface area contributed by atoms with Crippen LogP contribution in [0.3, 0.4) is 0 Å². The molecule has 120 valence electrons. The molecule has 5 nitrogen and oxygen atoms in total. The molecule has 0 aliphatic heterocycles. The number of rotatable bonds is 4. The molecule has 3 aromatic rings. The third-order valence-corrected chi connectivity index (χ3v) is 5.07. The number of hydrogen-bond acceptors (Lipinski definition) is 3. The van der Waals surface area contributed by atoms with Gasteiger partial charge in [-0.2, -0.15) is 0 Å². The lowest BCUT2D eigenvalue weighted by atomic mass is 10.2. The minimum Gasteiger partial charge on any atom is -0.302 e. The molecule has 0 bridgehead atoms. The molecule has 2 heterocycles. The number of nitrogens with zero attached hydrogens (tertiary/aromatic N) is 2. The summed E-state index contributed by atoms with van der Waals surface area (Å²) in [5, 5.41) is 0. The van der Waals surface area contributed by atoms with Crippen LogP contribution in [0.4, 0.5) is 5.69 Å². The number of sulfonamides is 1. The van der Waals surface area contributed by atoms with Gasteiger partial charge in [-0.25, -0.2) is 13.4 Å². The summed E-state index contributed by atoms with van der Waals surface area (Å²) in [6.45, 7) is 5.84. The first-order valence-electron chi connectivity index (χ1n) is 7.35. The van der Waals surface area contributed by atoms with Crippen LogP contribution < -0.4 is 4.72 Å². The zero-order valence-electron chi connectivity index (χ0n) is 13.4. The van der Waals surface area contributed by atoms with E-state index in [9.17, 15) is 8.42 Å². The standard InChI is InChI=1S/C17H19N3O2S/c1-12-5-4-6-15(9-12)11-23(21,22)19-16-7-8-17-18-13(2)14(3)20(17)10-16/h4-10,19H,11H2,1-3H3. The maximum atomic E-state index is 12.4. The number of pyridine rings is 1. The van der Waals surface area contributed by atoms with Crippen LogP contribution in [0.15, 0.2) is 42.6 Å². The Morgan fingerprint density at radius 1 is 1.13 bits per heavy atom. The topological polar surface area (TPSA) is 63.5 Å². The fourth-order valence-electron chi connectivity index (χ4n) is 2.58. The van der Waals surface area contributed by atoms with Crippen molar-refractivity contribution in [1.82, 2.24) is 9.38 Å². The van der Waals surface area contributed by atoms with E-state index < -0.39 is 10.0 Å². The van der Waals surface area contributed by atoms with Gasteiger partial charge in [-0.15, -0.1) is 0 Å². The number of nitrogens with one attached hydrogen (secondary N) is 1. The summed E-state index contributed by atoms with van der Waals surface area (Å²) in [7, 11) is -3.46. The van der Waals surface area contributed by atoms with Crippen LogP contribution in [-0.4, -0.2) is 17.8 Å². The second kappa shape index (κ2) is 5.70. The van der Waals surface area contributed by atoms with Crippen LogP contribution in [0.1, 0.15) is 22.5 Å². The Labute approximate surface area is 136 Å². The zero-order chi connectivity index (χ0) is 16.6. The fraction of sp³-hybridized carbons (Fsp3) is 0.235. The van der Waals surface area contributed by atoms with Gasteiger partial charge in [0.05, 0.1) is 17.1 Å². The van der Waals surface area contributed by atoms with E-state index in [4.69, 9.17) is 0 Å². The third-order valence-electron chi connectivity index (χ3n) is 3.81. The molecule has 0 fully saturated rings. The highest BCUT2D eigenvalue weighted by Gasteiger charge is 2.13. The number of benzene rings is 1. The summed E-state index contributed by atoms with van der Waals surface area (Å²) in [5.74, 6) is -0.0470. The molecule has 0 unspecified atom stereocenters. The maximum Gasteiger partial charge on any atom is 0.236 e. The lowest BCUT2D eigenvalue weighted by molar-refractivity contribution is 0.600. The molecule has 23 heavy (non-hydrogen) atoms. The largest absolute Gasteiger partial charge is 0.302 e. The second-order valence-electron chi connectivity index (χ2n) is 5.78. The Kier molecular flexibility index (Phi) is 3.85. The Hall–Kier alpha value is -2.34. The van der Waals surface area contributed by atoms with Crippen LogP contribution >= 0.6 is 0 Å². The Morgan fingerprint density at radius 2 is 1.91 bits per heavy atom. The summed E-state index contributed by atoms with van der Waals surface area (Å²) >= 11 is 0. The van der Waals surface area contributed by atoms with Crippen LogP contribution in [0.5, 0.6) is 0 Å². The van der Waals surface area contributed by atoms with Gasteiger partial charge in [0, 0.05) is 11.9 Å². The zero-order valence-corrected chi connectivity index (χ0v) is 14.2. The van der Waals surface area contributed by atoms with E-state index in [0.29, 0.717) is 5.69 Å². The first-order valence-corrected chi connectivity index (χ1v) is 9.01. The molecule has 0 saturated carbocycles. The first-order chi connectivity index (χ1) is 10.8. The number of imidazole rings is 1. The molecule has 2 aromatic heterocycles. The second-order valence-corrected chi connectivity index (χ2v) is 7.50. The SMILES string of the molecule is Cc1cccc(CS(=O)(=O)Nc2ccc3nc(C)c(C)n3c2)c1. The molecule has 0 spiro atoms. The van der Waals surface area contributed by atoms with E-state index in [0.717, 1.165) is 28.2 Å². The highest BCUT2D eigenvalue weighted by molar-refractivity contribution is 7.91. The summed E-state index contributed by atoms with van der Waals surface area (Å²) in [6.07, 6.45) is 1.76. The maximum absolute atomic E-state index is 12.4. The molecule has 0 saturated heterocycles. The van der Waals surface area contributed by atoms with Crippen molar-refractivity contribution in [3.63, 3.8) is 0 Å². The van der Waals surface area contributed by atoms with E-state index in [1.54, 1.807) is 12.3 Å². The van der Waals surface area contributed by atoms with E-state index in [1.165, 1.54) is 0 Å². The quantitative estimate of drug-likeness (QED) is 0.799. The predicted molar refractivity (Wildman–Crippen MR) is 92.1 cm³/mol. The molecule has 1 N–H and O–H groups in total. The number of hydrogen-bond donors (Lipinski definition) is 1. The van der Waals surface area contributed by atoms with E-state index >= 15 is 0 Å². The highest BCUT2D eigenvalue weighted by atomic mass is 32.2. The fourth-order valence-corrected chi connectivity index (χ4v) is 3.75. The molecule has 0 amide bonds. The lowest BCUT2D eigenvalue weighted by Gasteiger charge is -2.09. The van der Waals surface area contributed by atoms with Gasteiger partial charge in [-0.05, 0) is 38.5 Å². The lowest BCUT2D eigenvalue weighted by Crippen LogP contribution is -2.15. The van der Waals surface area contributed by atoms with Crippen LogP contribution in [-0.2, 0) is 15.8 Å². The van der Waals surface area contributed by atoms with E-state index in [-0.39, 0.29) is 5.75 Å². The van der Waals surface area contributed by atoms with Crippen molar-refractivity contribution in [1.29, 1.82) is 0 Å². The Morgan fingerprint density at radius 3 is 2.65 bits per heavy atom. The van der Waals surface area contributed by atoms with Gasteiger partial charge in [0.15, 0.2) is 0 Å². The van der Waals surface area contributed by atoms with Crippen molar-refractivity contribution >= 4 is 21.4 Å². The first kappa shape index (κ1) is 15.6. The predicted octanol–water partition coefficient (Wildman–Crippen LogP) is 3.20. The van der Waals surface area contributed by atoms with Gasteiger partial charge >= 0.3 is 0 Å². The van der Waals surface area contributed by atoms with E-state index in [1.807, 2.05) is 55.5 Å². The summed E-state index contributed by atoms with van der Waals surface area (Å²) in [4.78, 5) is 4.41. The summed E-state index contributed by atoms with van der Waals surface area (Å²) in [6, 6.07) is 11.1. The molecule has 0 aliphatic carbocycles. The minimum absolute atomic E-state index is 0.0470. The average Bonchev–Trinajstić information content (AvgIpc) is 2.73. The monoisotopic (exact) mass is 329 g/mol. The van der Waals surface area contributed by atoms with E-state index in [2.05, 4.69) is 9.71 Å². The van der Waals surface area contributed by atoms with Crippen LogP contribution in [0, 0.1) is 20.8 Å². The van der Waals surface area contributed by atoms with Gasteiger partial charge in [0.25, 0.3) is 0 Å². The summed E-state index contributed by atoms with van der Waals surface area (Å²) < 4.78 is 29.3. The number of aromatic nitrogens is 2. The van der Waals surface area contributed by atoms with Crippen LogP contribution in [0.25, 0.3) is 5.65 Å². The van der Waals surface area contributed by atoms with Crippen molar-refractivity contribution in [3.8, 4) is 0 Å². The molecular formula is C17H19N3O2S. The van der Waals surface area contributed by atoms with Crippen molar-refractivity contribution < 1.29 is 8.42 Å². The number of aryl methyl sites for hydroxylation is 3. The average molecular weight is 329 g/mol. The van der Waals surface area contributed by atoms with Crippen molar-refractivity contribution in [2.75, 3.05) is 4.72 Å². The van der Waals surface area contributed by atoms with Crippen LogP contribution in [0.2, 0.25) is 0 Å². The molecule has 1 aromatic carbocycles. The number of fused-ring (bicyclic) bond motifs is 1. The molecule has 6 heteroatoms. The molecule has 3 rings (SSSR count). The van der Waals surface area contributed by atoms with Crippen molar-refractivity contribution in [3.05, 3.63) is 65.1 Å². The number of anilines is 1. The van der Waals surface area contributed by atoms with Gasteiger partial charge < -0.3 is 4.40 Å².